The Kier molecular flexibility index (Phi) is 3.45. The summed E-state index contributed by atoms with van der Waals surface area (Å²) in [5.41, 5.74) is 8.31. The standard InChI is InChI=1S/C14H19ClN2/c1-9(2)17-13-5-4-12(15)6-11(13)7-14(17)10(3)8-16/h4-7,9-10H,8,16H2,1-3H3. The summed E-state index contributed by atoms with van der Waals surface area (Å²) in [6.07, 6.45) is 0. The molecule has 0 fully saturated rings. The van der Waals surface area contributed by atoms with E-state index in [4.69, 9.17) is 17.3 Å². The predicted molar refractivity (Wildman–Crippen MR) is 74.8 cm³/mol. The molecule has 2 N–H and O–H groups in total. The van der Waals surface area contributed by atoms with Crippen LogP contribution in [-0.4, -0.2) is 11.1 Å². The van der Waals surface area contributed by atoms with Crippen molar-refractivity contribution in [2.45, 2.75) is 32.7 Å². The van der Waals surface area contributed by atoms with Crippen LogP contribution in [0.15, 0.2) is 24.3 Å². The van der Waals surface area contributed by atoms with Gasteiger partial charge in [-0.25, -0.2) is 0 Å². The van der Waals surface area contributed by atoms with Crippen molar-refractivity contribution in [1.82, 2.24) is 4.57 Å². The molecule has 0 amide bonds. The van der Waals surface area contributed by atoms with Crippen molar-refractivity contribution < 1.29 is 0 Å². The number of fused-ring (bicyclic) bond motifs is 1. The highest BCUT2D eigenvalue weighted by Gasteiger charge is 2.15. The van der Waals surface area contributed by atoms with E-state index in [1.54, 1.807) is 0 Å². The van der Waals surface area contributed by atoms with Gasteiger partial charge in [-0.15, -0.1) is 0 Å². The zero-order valence-electron chi connectivity index (χ0n) is 10.6. The molecule has 3 heteroatoms. The Morgan fingerprint density at radius 3 is 2.53 bits per heavy atom. The Hall–Kier alpha value is -0.990. The Balaban J connectivity index is 2.70. The molecule has 0 radical (unpaired) electrons. The minimum absolute atomic E-state index is 0.364. The van der Waals surface area contributed by atoms with Gasteiger partial charge in [0.1, 0.15) is 0 Å². The highest BCUT2D eigenvalue weighted by Crippen LogP contribution is 2.30. The van der Waals surface area contributed by atoms with Crippen molar-refractivity contribution in [2.24, 2.45) is 5.73 Å². The molecule has 1 aromatic heterocycles. The van der Waals surface area contributed by atoms with Gasteiger partial charge in [0.2, 0.25) is 0 Å². The van der Waals surface area contributed by atoms with Crippen LogP contribution in [0, 0.1) is 0 Å². The molecule has 0 aliphatic rings. The fourth-order valence-electron chi connectivity index (χ4n) is 2.31. The van der Waals surface area contributed by atoms with E-state index in [0.29, 0.717) is 18.5 Å². The first-order valence-corrected chi connectivity index (χ1v) is 6.42. The number of benzene rings is 1. The summed E-state index contributed by atoms with van der Waals surface area (Å²) >= 11 is 6.04. The number of halogens is 1. The van der Waals surface area contributed by atoms with Gasteiger partial charge in [-0.1, -0.05) is 18.5 Å². The smallest absolute Gasteiger partial charge is 0.0486 e. The number of rotatable bonds is 3. The van der Waals surface area contributed by atoms with Crippen LogP contribution in [0.4, 0.5) is 0 Å². The molecule has 92 valence electrons. The first-order valence-electron chi connectivity index (χ1n) is 6.05. The molecule has 2 nitrogen and oxygen atoms in total. The molecule has 0 bridgehead atoms. The van der Waals surface area contributed by atoms with Crippen LogP contribution in [0.25, 0.3) is 10.9 Å². The molecule has 1 atom stereocenters. The van der Waals surface area contributed by atoms with Crippen molar-refractivity contribution in [3.63, 3.8) is 0 Å². The van der Waals surface area contributed by atoms with Crippen molar-refractivity contribution in [2.75, 3.05) is 6.54 Å². The lowest BCUT2D eigenvalue weighted by Gasteiger charge is -2.18. The fraction of sp³-hybridized carbons (Fsp3) is 0.429. The fourth-order valence-corrected chi connectivity index (χ4v) is 2.49. The lowest BCUT2D eigenvalue weighted by atomic mass is 10.1. The quantitative estimate of drug-likeness (QED) is 0.879. The van der Waals surface area contributed by atoms with Gasteiger partial charge in [0.25, 0.3) is 0 Å². The number of nitrogens with two attached hydrogens (primary N) is 1. The SMILES string of the molecule is CC(CN)c1cc2cc(Cl)ccc2n1C(C)C. The maximum atomic E-state index is 6.04. The van der Waals surface area contributed by atoms with E-state index in [9.17, 15) is 0 Å². The first kappa shape index (κ1) is 12.5. The largest absolute Gasteiger partial charge is 0.342 e. The molecule has 0 spiro atoms. The third-order valence-corrected chi connectivity index (χ3v) is 3.44. The Morgan fingerprint density at radius 2 is 1.94 bits per heavy atom. The van der Waals surface area contributed by atoms with Gasteiger partial charge in [0.15, 0.2) is 0 Å². The number of hydrogen-bond acceptors (Lipinski definition) is 1. The molecule has 0 aliphatic heterocycles. The third-order valence-electron chi connectivity index (χ3n) is 3.21. The Morgan fingerprint density at radius 1 is 1.24 bits per heavy atom. The van der Waals surface area contributed by atoms with Crippen molar-refractivity contribution in [3.8, 4) is 0 Å². The average Bonchev–Trinajstić information content (AvgIpc) is 2.66. The molecule has 17 heavy (non-hydrogen) atoms. The van der Waals surface area contributed by atoms with Gasteiger partial charge in [-0.2, -0.15) is 0 Å². The highest BCUT2D eigenvalue weighted by atomic mass is 35.5. The van der Waals surface area contributed by atoms with Crippen LogP contribution in [0.3, 0.4) is 0 Å². The minimum atomic E-state index is 0.364. The molecular formula is C14H19ClN2. The van der Waals surface area contributed by atoms with Crippen LogP contribution in [0.2, 0.25) is 5.02 Å². The lowest BCUT2D eigenvalue weighted by molar-refractivity contribution is 0.567. The van der Waals surface area contributed by atoms with E-state index in [-0.39, 0.29) is 0 Å². The average molecular weight is 251 g/mol. The van der Waals surface area contributed by atoms with Crippen LogP contribution >= 0.6 is 11.6 Å². The lowest BCUT2D eigenvalue weighted by Crippen LogP contribution is -2.14. The molecule has 2 rings (SSSR count). The topological polar surface area (TPSA) is 30.9 Å². The van der Waals surface area contributed by atoms with E-state index in [1.165, 1.54) is 16.6 Å². The number of aromatic nitrogens is 1. The second kappa shape index (κ2) is 4.71. The normalized spacial score (nSPS) is 13.5. The van der Waals surface area contributed by atoms with E-state index >= 15 is 0 Å². The molecule has 0 saturated carbocycles. The zero-order valence-corrected chi connectivity index (χ0v) is 11.3. The monoisotopic (exact) mass is 250 g/mol. The van der Waals surface area contributed by atoms with Crippen LogP contribution in [0.5, 0.6) is 0 Å². The second-order valence-corrected chi connectivity index (χ2v) is 5.31. The van der Waals surface area contributed by atoms with E-state index in [1.807, 2.05) is 12.1 Å². The summed E-state index contributed by atoms with van der Waals surface area (Å²) in [4.78, 5) is 0. The molecule has 1 aromatic carbocycles. The van der Waals surface area contributed by atoms with Crippen LogP contribution < -0.4 is 5.73 Å². The zero-order chi connectivity index (χ0) is 12.6. The van der Waals surface area contributed by atoms with Crippen LogP contribution in [0.1, 0.15) is 38.4 Å². The van der Waals surface area contributed by atoms with E-state index < -0.39 is 0 Å². The summed E-state index contributed by atoms with van der Waals surface area (Å²) in [6, 6.07) is 8.68. The molecule has 2 aromatic rings. The first-order chi connectivity index (χ1) is 8.04. The van der Waals surface area contributed by atoms with Gasteiger partial charge >= 0.3 is 0 Å². The maximum Gasteiger partial charge on any atom is 0.0486 e. The molecule has 1 heterocycles. The van der Waals surface area contributed by atoms with Crippen molar-refractivity contribution >= 4 is 22.5 Å². The Labute approximate surface area is 107 Å². The summed E-state index contributed by atoms with van der Waals surface area (Å²) < 4.78 is 2.35. The summed E-state index contributed by atoms with van der Waals surface area (Å²) in [6.45, 7) is 7.22. The highest BCUT2D eigenvalue weighted by molar-refractivity contribution is 6.31. The number of nitrogens with zero attached hydrogens (tertiary/aromatic N) is 1. The summed E-state index contributed by atoms with van der Waals surface area (Å²) in [5, 5.41) is 1.98. The minimum Gasteiger partial charge on any atom is -0.342 e. The maximum absolute atomic E-state index is 6.04. The van der Waals surface area contributed by atoms with Gasteiger partial charge in [-0.05, 0) is 38.1 Å². The number of hydrogen-bond donors (Lipinski definition) is 1. The molecule has 1 unspecified atom stereocenters. The molecule has 0 saturated heterocycles. The molecule has 0 aliphatic carbocycles. The van der Waals surface area contributed by atoms with Gasteiger partial charge in [0.05, 0.1) is 0 Å². The summed E-state index contributed by atoms with van der Waals surface area (Å²) in [5.74, 6) is 0.364. The second-order valence-electron chi connectivity index (χ2n) is 4.87. The third kappa shape index (κ3) is 2.20. The van der Waals surface area contributed by atoms with Gasteiger partial charge < -0.3 is 10.3 Å². The van der Waals surface area contributed by atoms with E-state index in [2.05, 4.69) is 37.5 Å². The predicted octanol–water partition coefficient (Wildman–Crippen LogP) is 3.94. The van der Waals surface area contributed by atoms with Gasteiger partial charge in [0, 0.05) is 40.1 Å². The van der Waals surface area contributed by atoms with Crippen molar-refractivity contribution in [1.29, 1.82) is 0 Å². The molecular weight excluding hydrogens is 232 g/mol. The van der Waals surface area contributed by atoms with Crippen LogP contribution in [-0.2, 0) is 0 Å². The summed E-state index contributed by atoms with van der Waals surface area (Å²) in [7, 11) is 0. The van der Waals surface area contributed by atoms with Gasteiger partial charge in [-0.3, -0.25) is 0 Å². The Bertz CT molecular complexity index is 528. The van der Waals surface area contributed by atoms with E-state index in [0.717, 1.165) is 5.02 Å². The van der Waals surface area contributed by atoms with Crippen molar-refractivity contribution in [3.05, 3.63) is 35.0 Å².